The molecule has 0 atom stereocenters. The van der Waals surface area contributed by atoms with Gasteiger partial charge in [0.25, 0.3) is 0 Å². The molecule has 3 aromatic rings. The fraction of sp³-hybridized carbons (Fsp3) is 0.238. The van der Waals surface area contributed by atoms with E-state index in [1.54, 1.807) is 12.1 Å². The second-order valence-corrected chi connectivity index (χ2v) is 6.86. The maximum Gasteiger partial charge on any atom is 0.573 e. The van der Waals surface area contributed by atoms with E-state index in [0.29, 0.717) is 22.8 Å². The molecule has 11 heteroatoms. The predicted molar refractivity (Wildman–Crippen MR) is 109 cm³/mol. The van der Waals surface area contributed by atoms with Gasteiger partial charge in [-0.05, 0) is 50.2 Å². The summed E-state index contributed by atoms with van der Waals surface area (Å²) in [4.78, 5) is 8.72. The fourth-order valence-electron chi connectivity index (χ4n) is 2.70. The summed E-state index contributed by atoms with van der Waals surface area (Å²) in [5.41, 5.74) is 1.25. The molecule has 32 heavy (non-hydrogen) atoms. The van der Waals surface area contributed by atoms with Crippen LogP contribution in [0.25, 0.3) is 11.3 Å². The van der Waals surface area contributed by atoms with Gasteiger partial charge in [-0.1, -0.05) is 12.1 Å². The van der Waals surface area contributed by atoms with Gasteiger partial charge in [-0.25, -0.2) is 4.98 Å². The largest absolute Gasteiger partial charge is 0.573 e. The summed E-state index contributed by atoms with van der Waals surface area (Å²) in [6.45, 7) is 0.825. The molecular formula is C21H19F5N4O2. The molecule has 0 fully saturated rings. The van der Waals surface area contributed by atoms with Gasteiger partial charge in [0.1, 0.15) is 17.3 Å². The molecule has 3 rings (SSSR count). The van der Waals surface area contributed by atoms with Crippen molar-refractivity contribution in [1.82, 2.24) is 9.97 Å². The van der Waals surface area contributed by atoms with E-state index in [2.05, 4.69) is 30.1 Å². The first kappa shape index (κ1) is 23.0. The van der Waals surface area contributed by atoms with Gasteiger partial charge in [0.05, 0.1) is 5.69 Å². The monoisotopic (exact) mass is 454 g/mol. The Labute approximate surface area is 180 Å². The van der Waals surface area contributed by atoms with Gasteiger partial charge >= 0.3 is 13.0 Å². The molecule has 0 saturated carbocycles. The summed E-state index contributed by atoms with van der Waals surface area (Å²) in [7, 11) is 0. The number of hydrogen-bond donors (Lipinski definition) is 2. The van der Waals surface area contributed by atoms with Crippen molar-refractivity contribution in [3.05, 3.63) is 54.6 Å². The van der Waals surface area contributed by atoms with E-state index in [1.165, 1.54) is 42.5 Å². The number of alkyl halides is 5. The van der Waals surface area contributed by atoms with Crippen LogP contribution in [0.15, 0.2) is 54.6 Å². The Kier molecular flexibility index (Phi) is 6.96. The lowest BCUT2D eigenvalue weighted by Crippen LogP contribution is -2.17. The van der Waals surface area contributed by atoms with Crippen LogP contribution in [0.3, 0.4) is 0 Å². The summed E-state index contributed by atoms with van der Waals surface area (Å²) in [5, 5.41) is 6.06. The smallest absolute Gasteiger partial charge is 0.435 e. The zero-order valence-corrected chi connectivity index (χ0v) is 17.0. The van der Waals surface area contributed by atoms with Crippen molar-refractivity contribution in [2.75, 3.05) is 10.6 Å². The van der Waals surface area contributed by atoms with E-state index in [1.807, 2.05) is 13.8 Å². The minimum absolute atomic E-state index is 0.00225. The molecule has 0 aliphatic carbocycles. The van der Waals surface area contributed by atoms with Gasteiger partial charge in [-0.2, -0.15) is 13.8 Å². The Hall–Kier alpha value is -3.63. The molecule has 0 unspecified atom stereocenters. The van der Waals surface area contributed by atoms with Crippen molar-refractivity contribution in [1.29, 1.82) is 0 Å². The standard InChI is InChI=1S/C21H19F5N4O2/c1-12(2)27-20-29-17(13-4-3-5-16(10-13)32-21(24,25)26)11-18(30-20)28-14-6-8-15(9-7-14)31-19(22)23/h3-12,19H,1-2H3,(H2,27,28,29,30). The molecule has 0 aliphatic rings. The molecule has 170 valence electrons. The number of benzene rings is 2. The Morgan fingerprint density at radius 2 is 1.62 bits per heavy atom. The maximum atomic E-state index is 12.6. The first-order valence-corrected chi connectivity index (χ1v) is 9.41. The van der Waals surface area contributed by atoms with Crippen LogP contribution in [0.1, 0.15) is 13.8 Å². The SMILES string of the molecule is CC(C)Nc1nc(Nc2ccc(OC(F)F)cc2)cc(-c2cccc(OC(F)(F)F)c2)n1. The molecule has 2 N–H and O–H groups in total. The number of hydrogen-bond acceptors (Lipinski definition) is 6. The first-order valence-electron chi connectivity index (χ1n) is 9.41. The van der Waals surface area contributed by atoms with Gasteiger partial charge in [0.15, 0.2) is 0 Å². The highest BCUT2D eigenvalue weighted by Gasteiger charge is 2.31. The Bertz CT molecular complexity index is 1040. The zero-order chi connectivity index (χ0) is 23.3. The van der Waals surface area contributed by atoms with Crippen LogP contribution in [-0.4, -0.2) is 29.0 Å². The normalized spacial score (nSPS) is 11.5. The third kappa shape index (κ3) is 6.96. The lowest BCUT2D eigenvalue weighted by Gasteiger charge is -2.14. The lowest BCUT2D eigenvalue weighted by molar-refractivity contribution is -0.274. The van der Waals surface area contributed by atoms with E-state index in [0.717, 1.165) is 0 Å². The minimum atomic E-state index is -4.82. The predicted octanol–water partition coefficient (Wildman–Crippen LogP) is 6.21. The molecule has 1 aromatic heterocycles. The number of ether oxygens (including phenoxy) is 2. The zero-order valence-electron chi connectivity index (χ0n) is 17.0. The first-order chi connectivity index (χ1) is 15.1. The van der Waals surface area contributed by atoms with Crippen molar-refractivity contribution in [3.8, 4) is 22.8 Å². The van der Waals surface area contributed by atoms with Crippen molar-refractivity contribution in [3.63, 3.8) is 0 Å². The summed E-state index contributed by atoms with van der Waals surface area (Å²) in [5.74, 6) is 0.205. The number of nitrogens with zero attached hydrogens (tertiary/aromatic N) is 2. The van der Waals surface area contributed by atoms with Gasteiger partial charge in [-0.3, -0.25) is 0 Å². The van der Waals surface area contributed by atoms with Gasteiger partial charge < -0.3 is 20.1 Å². The van der Waals surface area contributed by atoms with E-state index in [4.69, 9.17) is 0 Å². The summed E-state index contributed by atoms with van der Waals surface area (Å²) in [6.07, 6.45) is -4.82. The van der Waals surface area contributed by atoms with Crippen molar-refractivity contribution in [2.45, 2.75) is 32.9 Å². The van der Waals surface area contributed by atoms with Crippen molar-refractivity contribution < 1.29 is 31.4 Å². The Morgan fingerprint density at radius 1 is 0.906 bits per heavy atom. The summed E-state index contributed by atoms with van der Waals surface area (Å²) < 4.78 is 70.6. The molecular weight excluding hydrogens is 435 g/mol. The van der Waals surface area contributed by atoms with Gasteiger partial charge in [-0.15, -0.1) is 13.2 Å². The molecule has 0 bridgehead atoms. The molecule has 2 aromatic carbocycles. The molecule has 0 spiro atoms. The quantitative estimate of drug-likeness (QED) is 0.395. The maximum absolute atomic E-state index is 12.6. The topological polar surface area (TPSA) is 68.3 Å². The third-order valence-electron chi connectivity index (χ3n) is 3.86. The minimum Gasteiger partial charge on any atom is -0.435 e. The number of anilines is 3. The highest BCUT2D eigenvalue weighted by atomic mass is 19.4. The third-order valence-corrected chi connectivity index (χ3v) is 3.86. The Balaban J connectivity index is 1.91. The fourth-order valence-corrected chi connectivity index (χ4v) is 2.70. The Morgan fingerprint density at radius 3 is 2.25 bits per heavy atom. The molecule has 6 nitrogen and oxygen atoms in total. The van der Waals surface area contributed by atoms with Crippen LogP contribution >= 0.6 is 0 Å². The number of aromatic nitrogens is 2. The lowest BCUT2D eigenvalue weighted by atomic mass is 10.1. The second-order valence-electron chi connectivity index (χ2n) is 6.86. The second kappa shape index (κ2) is 9.67. The van der Waals surface area contributed by atoms with Crippen LogP contribution in [0, 0.1) is 0 Å². The number of rotatable bonds is 8. The molecule has 0 amide bonds. The average molecular weight is 454 g/mol. The van der Waals surface area contributed by atoms with Gasteiger partial charge in [0, 0.05) is 23.4 Å². The summed E-state index contributed by atoms with van der Waals surface area (Å²) in [6, 6.07) is 12.7. The molecule has 1 heterocycles. The van der Waals surface area contributed by atoms with Crippen LogP contribution < -0.4 is 20.1 Å². The van der Waals surface area contributed by atoms with E-state index >= 15 is 0 Å². The van der Waals surface area contributed by atoms with E-state index in [-0.39, 0.29) is 23.5 Å². The molecule has 0 saturated heterocycles. The number of nitrogens with one attached hydrogen (secondary N) is 2. The van der Waals surface area contributed by atoms with Crippen LogP contribution in [0.2, 0.25) is 0 Å². The van der Waals surface area contributed by atoms with Crippen molar-refractivity contribution >= 4 is 17.5 Å². The van der Waals surface area contributed by atoms with E-state index in [9.17, 15) is 22.0 Å². The highest BCUT2D eigenvalue weighted by molar-refractivity contribution is 5.68. The highest BCUT2D eigenvalue weighted by Crippen LogP contribution is 2.29. The average Bonchev–Trinajstić information content (AvgIpc) is 2.67. The molecule has 0 aliphatic heterocycles. The van der Waals surface area contributed by atoms with E-state index < -0.39 is 13.0 Å². The summed E-state index contributed by atoms with van der Waals surface area (Å²) >= 11 is 0. The van der Waals surface area contributed by atoms with Crippen LogP contribution in [-0.2, 0) is 0 Å². The van der Waals surface area contributed by atoms with Crippen molar-refractivity contribution in [2.24, 2.45) is 0 Å². The number of halogens is 5. The van der Waals surface area contributed by atoms with Crippen LogP contribution in [0.4, 0.5) is 39.4 Å². The van der Waals surface area contributed by atoms with Crippen LogP contribution in [0.5, 0.6) is 11.5 Å². The van der Waals surface area contributed by atoms with Gasteiger partial charge in [0.2, 0.25) is 5.95 Å². The molecule has 0 radical (unpaired) electrons.